The van der Waals surface area contributed by atoms with Gasteiger partial charge in [0.1, 0.15) is 11.5 Å². The van der Waals surface area contributed by atoms with Crippen LogP contribution in [-0.2, 0) is 12.8 Å². The number of aromatic nitrogens is 1. The highest BCUT2D eigenvalue weighted by Crippen LogP contribution is 2.37. The van der Waals surface area contributed by atoms with E-state index in [1.54, 1.807) is 14.2 Å². The largest absolute Gasteiger partial charge is 0.497 e. The Morgan fingerprint density at radius 3 is 1.88 bits per heavy atom. The van der Waals surface area contributed by atoms with Crippen molar-refractivity contribution >= 4 is 0 Å². The zero-order chi connectivity index (χ0) is 17.2. The Balaban J connectivity index is 1.77. The first-order valence-corrected chi connectivity index (χ1v) is 8.60. The average molecular weight is 331 g/mol. The molecule has 0 saturated heterocycles. The van der Waals surface area contributed by atoms with Gasteiger partial charge in [0.2, 0.25) is 0 Å². The Morgan fingerprint density at radius 2 is 1.28 bits per heavy atom. The van der Waals surface area contributed by atoms with Crippen LogP contribution in [0.3, 0.4) is 0 Å². The first-order chi connectivity index (χ1) is 12.3. The minimum absolute atomic E-state index is 0.871. The van der Waals surface area contributed by atoms with E-state index >= 15 is 0 Å². The van der Waals surface area contributed by atoms with Crippen molar-refractivity contribution < 1.29 is 9.47 Å². The molecule has 0 fully saturated rings. The highest BCUT2D eigenvalue weighted by molar-refractivity contribution is 5.75. The van der Waals surface area contributed by atoms with Crippen molar-refractivity contribution in [2.45, 2.75) is 19.3 Å². The van der Waals surface area contributed by atoms with Crippen molar-refractivity contribution in [2.75, 3.05) is 14.2 Å². The van der Waals surface area contributed by atoms with E-state index < -0.39 is 0 Å². The fraction of sp³-hybridized carbons (Fsp3) is 0.227. The first-order valence-electron chi connectivity index (χ1n) is 8.60. The second-order valence-corrected chi connectivity index (χ2v) is 6.29. The van der Waals surface area contributed by atoms with E-state index in [2.05, 4.69) is 24.3 Å². The number of nitrogens with zero attached hydrogens (tertiary/aromatic N) is 1. The summed E-state index contributed by atoms with van der Waals surface area (Å²) in [6.07, 6.45) is 5.41. The Morgan fingerprint density at radius 1 is 0.720 bits per heavy atom. The fourth-order valence-corrected chi connectivity index (χ4v) is 3.60. The lowest BCUT2D eigenvalue weighted by molar-refractivity contribution is 0.414. The quantitative estimate of drug-likeness (QED) is 0.680. The van der Waals surface area contributed by atoms with E-state index in [0.29, 0.717) is 0 Å². The minimum atomic E-state index is 0.871. The van der Waals surface area contributed by atoms with Gasteiger partial charge in [-0.1, -0.05) is 12.1 Å². The zero-order valence-electron chi connectivity index (χ0n) is 14.6. The average Bonchev–Trinajstić information content (AvgIpc) is 3.17. The second-order valence-electron chi connectivity index (χ2n) is 6.29. The minimum Gasteiger partial charge on any atom is -0.497 e. The number of methoxy groups -OCH3 is 2. The summed E-state index contributed by atoms with van der Waals surface area (Å²) in [6.45, 7) is 0. The molecular formula is C22H21NO2. The van der Waals surface area contributed by atoms with E-state index in [1.165, 1.54) is 28.7 Å². The summed E-state index contributed by atoms with van der Waals surface area (Å²) in [5, 5.41) is 0. The van der Waals surface area contributed by atoms with Crippen LogP contribution in [0.1, 0.15) is 17.5 Å². The molecule has 0 spiro atoms. The molecule has 1 aliphatic carbocycles. The molecule has 3 heteroatoms. The number of ether oxygens (including phenoxy) is 2. The molecule has 4 rings (SSSR count). The van der Waals surface area contributed by atoms with Gasteiger partial charge >= 0.3 is 0 Å². The SMILES string of the molecule is COc1ccc(-c2cnc(-c3ccc(OC)cc3)c3c2CCC3)cc1. The molecule has 0 radical (unpaired) electrons. The lowest BCUT2D eigenvalue weighted by atomic mass is 9.95. The van der Waals surface area contributed by atoms with Crippen molar-refractivity contribution in [2.24, 2.45) is 0 Å². The van der Waals surface area contributed by atoms with E-state index in [-0.39, 0.29) is 0 Å². The topological polar surface area (TPSA) is 31.4 Å². The molecule has 1 heterocycles. The first kappa shape index (κ1) is 15.7. The summed E-state index contributed by atoms with van der Waals surface area (Å²) in [4.78, 5) is 4.82. The molecule has 3 nitrogen and oxygen atoms in total. The molecule has 0 aliphatic heterocycles. The predicted molar refractivity (Wildman–Crippen MR) is 100 cm³/mol. The van der Waals surface area contributed by atoms with Gasteiger partial charge in [-0.15, -0.1) is 0 Å². The Hall–Kier alpha value is -2.81. The van der Waals surface area contributed by atoms with Crippen molar-refractivity contribution in [1.29, 1.82) is 0 Å². The monoisotopic (exact) mass is 331 g/mol. The van der Waals surface area contributed by atoms with Gasteiger partial charge in [-0.2, -0.15) is 0 Å². The molecule has 0 atom stereocenters. The lowest BCUT2D eigenvalue weighted by Crippen LogP contribution is -1.96. The fourth-order valence-electron chi connectivity index (χ4n) is 3.60. The van der Waals surface area contributed by atoms with Gasteiger partial charge in [0.25, 0.3) is 0 Å². The zero-order valence-corrected chi connectivity index (χ0v) is 14.6. The molecule has 0 N–H and O–H groups in total. The van der Waals surface area contributed by atoms with Crippen molar-refractivity contribution in [3.8, 4) is 33.9 Å². The van der Waals surface area contributed by atoms with E-state index in [1.807, 2.05) is 30.5 Å². The van der Waals surface area contributed by atoms with Crippen LogP contribution in [0, 0.1) is 0 Å². The van der Waals surface area contributed by atoms with Crippen LogP contribution in [0.2, 0.25) is 0 Å². The van der Waals surface area contributed by atoms with Crippen molar-refractivity contribution in [1.82, 2.24) is 4.98 Å². The lowest BCUT2D eigenvalue weighted by Gasteiger charge is -2.13. The van der Waals surface area contributed by atoms with Crippen molar-refractivity contribution in [3.05, 3.63) is 65.9 Å². The number of benzene rings is 2. The molecule has 126 valence electrons. The molecular weight excluding hydrogens is 310 g/mol. The summed E-state index contributed by atoms with van der Waals surface area (Å²) in [7, 11) is 3.38. The number of pyridine rings is 1. The summed E-state index contributed by atoms with van der Waals surface area (Å²) in [5.74, 6) is 1.75. The van der Waals surface area contributed by atoms with E-state index in [9.17, 15) is 0 Å². The summed E-state index contributed by atoms with van der Waals surface area (Å²) in [5.41, 5.74) is 7.53. The van der Waals surface area contributed by atoms with E-state index in [4.69, 9.17) is 14.5 Å². The Labute approximate surface area is 148 Å². The van der Waals surface area contributed by atoms with Crippen LogP contribution in [0.15, 0.2) is 54.7 Å². The van der Waals surface area contributed by atoms with Gasteiger partial charge in [0.15, 0.2) is 0 Å². The van der Waals surface area contributed by atoms with Crippen LogP contribution in [0.4, 0.5) is 0 Å². The molecule has 3 aromatic rings. The predicted octanol–water partition coefficient (Wildman–Crippen LogP) is 4.92. The third-order valence-corrected chi connectivity index (χ3v) is 4.92. The van der Waals surface area contributed by atoms with Crippen LogP contribution in [-0.4, -0.2) is 19.2 Å². The van der Waals surface area contributed by atoms with Gasteiger partial charge in [-0.3, -0.25) is 4.98 Å². The van der Waals surface area contributed by atoms with Gasteiger partial charge in [0, 0.05) is 17.3 Å². The molecule has 0 bridgehead atoms. The van der Waals surface area contributed by atoms with Crippen molar-refractivity contribution in [3.63, 3.8) is 0 Å². The molecule has 0 amide bonds. The highest BCUT2D eigenvalue weighted by atomic mass is 16.5. The molecule has 0 unspecified atom stereocenters. The third kappa shape index (κ3) is 2.86. The van der Waals surface area contributed by atoms with Gasteiger partial charge < -0.3 is 9.47 Å². The number of rotatable bonds is 4. The summed E-state index contributed by atoms with van der Waals surface area (Å²) >= 11 is 0. The van der Waals surface area contributed by atoms with E-state index in [0.717, 1.165) is 35.6 Å². The smallest absolute Gasteiger partial charge is 0.118 e. The molecule has 2 aromatic carbocycles. The van der Waals surface area contributed by atoms with Crippen LogP contribution in [0.25, 0.3) is 22.4 Å². The summed E-state index contributed by atoms with van der Waals surface area (Å²) < 4.78 is 10.5. The normalized spacial score (nSPS) is 12.7. The highest BCUT2D eigenvalue weighted by Gasteiger charge is 2.21. The summed E-state index contributed by atoms with van der Waals surface area (Å²) in [6, 6.07) is 16.4. The molecule has 1 aromatic heterocycles. The number of hydrogen-bond donors (Lipinski definition) is 0. The molecule has 0 saturated carbocycles. The maximum Gasteiger partial charge on any atom is 0.118 e. The van der Waals surface area contributed by atoms with Gasteiger partial charge in [-0.25, -0.2) is 0 Å². The molecule has 25 heavy (non-hydrogen) atoms. The van der Waals surface area contributed by atoms with Crippen LogP contribution in [0.5, 0.6) is 11.5 Å². The van der Waals surface area contributed by atoms with Crippen LogP contribution < -0.4 is 9.47 Å². The maximum absolute atomic E-state index is 5.27. The Bertz CT molecular complexity index is 809. The standard InChI is InChI=1S/C22H21NO2/c1-24-17-10-6-15(7-11-17)21-14-23-22(20-5-3-4-19(20)21)16-8-12-18(25-2)13-9-16/h6-14H,3-5H2,1-2H3. The maximum atomic E-state index is 5.27. The third-order valence-electron chi connectivity index (χ3n) is 4.92. The Kier molecular flexibility index (Phi) is 4.14. The number of fused-ring (bicyclic) bond motifs is 1. The van der Waals surface area contributed by atoms with Crippen LogP contribution >= 0.6 is 0 Å². The van der Waals surface area contributed by atoms with Gasteiger partial charge in [0.05, 0.1) is 19.9 Å². The number of hydrogen-bond acceptors (Lipinski definition) is 3. The van der Waals surface area contributed by atoms with Gasteiger partial charge in [-0.05, 0) is 72.4 Å². The second kappa shape index (κ2) is 6.60. The molecule has 1 aliphatic rings.